The Morgan fingerprint density at radius 1 is 1.10 bits per heavy atom. The first-order valence-corrected chi connectivity index (χ1v) is 12.3. The minimum absolute atomic E-state index is 0.115. The van der Waals surface area contributed by atoms with Crippen LogP contribution in [0.15, 0.2) is 62.1 Å². The molecule has 164 valence electrons. The number of carbonyl (C=O) groups is 1. The number of piperidine rings is 1. The van der Waals surface area contributed by atoms with Crippen LogP contribution in [0.2, 0.25) is 5.02 Å². The van der Waals surface area contributed by atoms with Crippen LogP contribution in [-0.2, 0) is 14.8 Å². The molecule has 1 saturated heterocycles. The van der Waals surface area contributed by atoms with Crippen LogP contribution in [0.5, 0.6) is 0 Å². The summed E-state index contributed by atoms with van der Waals surface area (Å²) in [6.07, 6.45) is 2.38. The lowest BCUT2D eigenvalue weighted by Gasteiger charge is -2.48. The number of nitrogens with zero attached hydrogens (tertiary/aromatic N) is 3. The van der Waals surface area contributed by atoms with Crippen LogP contribution in [0, 0.1) is 10.8 Å². The molecule has 4 aliphatic rings. The highest BCUT2D eigenvalue weighted by Crippen LogP contribution is 2.55. The molecule has 9 heteroatoms. The Bertz CT molecular complexity index is 1160. The molecule has 1 aromatic carbocycles. The topological polar surface area (TPSA) is 91.2 Å². The Hall–Kier alpha value is -2.03. The van der Waals surface area contributed by atoms with Crippen molar-refractivity contribution in [1.82, 2.24) is 9.62 Å². The van der Waals surface area contributed by atoms with Crippen molar-refractivity contribution in [3.05, 3.63) is 52.0 Å². The third kappa shape index (κ3) is 3.27. The van der Waals surface area contributed by atoms with E-state index in [1.54, 1.807) is 12.1 Å². The first-order chi connectivity index (χ1) is 14.6. The molecule has 0 amide bonds. The zero-order chi connectivity index (χ0) is 22.0. The van der Waals surface area contributed by atoms with Crippen molar-refractivity contribution in [3.63, 3.8) is 0 Å². The average Bonchev–Trinajstić information content (AvgIpc) is 3.16. The molecule has 7 nitrogen and oxygen atoms in total. The number of halogens is 1. The van der Waals surface area contributed by atoms with Gasteiger partial charge in [-0.05, 0) is 48.9 Å². The van der Waals surface area contributed by atoms with E-state index in [1.807, 2.05) is 0 Å². The summed E-state index contributed by atoms with van der Waals surface area (Å²) in [6.45, 7) is 5.35. The maximum atomic E-state index is 13.3. The highest BCUT2D eigenvalue weighted by Gasteiger charge is 2.53. The molecule has 0 atom stereocenters. The van der Waals surface area contributed by atoms with Gasteiger partial charge in [-0.2, -0.15) is 9.42 Å². The Labute approximate surface area is 187 Å². The molecular weight excluding hydrogens is 436 g/mol. The number of azo groups is 1. The highest BCUT2D eigenvalue weighted by atomic mass is 35.5. The van der Waals surface area contributed by atoms with Gasteiger partial charge in [-0.25, -0.2) is 8.42 Å². The molecule has 0 aromatic heterocycles. The zero-order valence-electron chi connectivity index (χ0n) is 17.6. The van der Waals surface area contributed by atoms with Gasteiger partial charge in [0.2, 0.25) is 10.0 Å². The van der Waals surface area contributed by atoms with Crippen LogP contribution >= 0.6 is 11.6 Å². The van der Waals surface area contributed by atoms with E-state index in [0.717, 1.165) is 29.1 Å². The van der Waals surface area contributed by atoms with E-state index in [0.29, 0.717) is 43.9 Å². The summed E-state index contributed by atoms with van der Waals surface area (Å²) in [7, 11) is -3.62. The average molecular weight is 461 g/mol. The molecule has 1 fully saturated rings. The molecule has 0 unspecified atom stereocenters. The molecule has 1 aromatic rings. The van der Waals surface area contributed by atoms with E-state index in [1.165, 1.54) is 16.4 Å². The Morgan fingerprint density at radius 3 is 2.45 bits per heavy atom. The normalized spacial score (nSPS) is 24.9. The van der Waals surface area contributed by atoms with Gasteiger partial charge in [0.25, 0.3) is 0 Å². The monoisotopic (exact) mass is 460 g/mol. The van der Waals surface area contributed by atoms with E-state index < -0.39 is 15.4 Å². The van der Waals surface area contributed by atoms with Gasteiger partial charge in [0.15, 0.2) is 11.6 Å². The van der Waals surface area contributed by atoms with Crippen molar-refractivity contribution in [2.45, 2.75) is 44.4 Å². The van der Waals surface area contributed by atoms with Crippen LogP contribution in [0.1, 0.15) is 39.5 Å². The second-order valence-electron chi connectivity index (χ2n) is 9.59. The maximum Gasteiger partial charge on any atom is 0.243 e. The molecule has 1 aliphatic carbocycles. The number of dihydropyridines is 1. The van der Waals surface area contributed by atoms with E-state index in [-0.39, 0.29) is 16.1 Å². The van der Waals surface area contributed by atoms with Gasteiger partial charge in [-0.3, -0.25) is 4.79 Å². The lowest BCUT2D eigenvalue weighted by atomic mass is 9.60. The van der Waals surface area contributed by atoms with E-state index in [4.69, 9.17) is 11.6 Å². The van der Waals surface area contributed by atoms with E-state index in [9.17, 15) is 13.2 Å². The van der Waals surface area contributed by atoms with Gasteiger partial charge in [-0.1, -0.05) is 25.4 Å². The SMILES string of the molecule is CC1(C)CC(=O)C2=C(C1)NC1=C(CN=N1)C21CCN(S(=O)(=O)c2ccc(Cl)cc2)CC1. The molecule has 31 heavy (non-hydrogen) atoms. The van der Waals surface area contributed by atoms with Crippen LogP contribution in [0.3, 0.4) is 0 Å². The largest absolute Gasteiger partial charge is 0.342 e. The predicted molar refractivity (Wildman–Crippen MR) is 117 cm³/mol. The minimum Gasteiger partial charge on any atom is -0.342 e. The second kappa shape index (κ2) is 6.98. The summed E-state index contributed by atoms with van der Waals surface area (Å²) < 4.78 is 27.9. The summed E-state index contributed by atoms with van der Waals surface area (Å²) in [5.74, 6) is 0.907. The summed E-state index contributed by atoms with van der Waals surface area (Å²) in [4.78, 5) is 13.5. The molecule has 0 saturated carbocycles. The van der Waals surface area contributed by atoms with Gasteiger partial charge in [0.1, 0.15) is 0 Å². The van der Waals surface area contributed by atoms with Gasteiger partial charge >= 0.3 is 0 Å². The van der Waals surface area contributed by atoms with Crippen molar-refractivity contribution in [3.8, 4) is 0 Å². The molecule has 0 radical (unpaired) electrons. The van der Waals surface area contributed by atoms with Crippen molar-refractivity contribution in [2.75, 3.05) is 19.6 Å². The number of hydrogen-bond donors (Lipinski definition) is 1. The third-order valence-corrected chi connectivity index (χ3v) is 9.08. The standard InChI is InChI=1S/C22H25ClN4O3S/c1-21(2)11-17-19(18(28)12-21)22(16-13-24-26-20(16)25-17)7-9-27(10-8-22)31(29,30)15-5-3-14(23)4-6-15/h3-6,25H,7-13H2,1-2H3. The summed E-state index contributed by atoms with van der Waals surface area (Å²) >= 11 is 5.92. The Morgan fingerprint density at radius 2 is 1.77 bits per heavy atom. The number of allylic oxidation sites excluding steroid dienone is 2. The van der Waals surface area contributed by atoms with Gasteiger partial charge < -0.3 is 5.32 Å². The smallest absolute Gasteiger partial charge is 0.243 e. The van der Waals surface area contributed by atoms with E-state index in [2.05, 4.69) is 29.4 Å². The molecule has 3 heterocycles. The van der Waals surface area contributed by atoms with Crippen LogP contribution < -0.4 is 5.32 Å². The Balaban J connectivity index is 1.49. The fraction of sp³-hybridized carbons (Fsp3) is 0.500. The number of benzene rings is 1. The van der Waals surface area contributed by atoms with E-state index >= 15 is 0 Å². The molecule has 1 N–H and O–H groups in total. The van der Waals surface area contributed by atoms with Crippen LogP contribution in [-0.4, -0.2) is 38.1 Å². The third-order valence-electron chi connectivity index (χ3n) is 6.91. The van der Waals surface area contributed by atoms with Gasteiger partial charge in [-0.15, -0.1) is 5.11 Å². The van der Waals surface area contributed by atoms with Crippen molar-refractivity contribution >= 4 is 27.4 Å². The number of sulfonamides is 1. The number of nitrogens with one attached hydrogen (secondary N) is 1. The molecular formula is C22H25ClN4O3S. The minimum atomic E-state index is -3.62. The molecule has 3 aliphatic heterocycles. The zero-order valence-corrected chi connectivity index (χ0v) is 19.2. The lowest BCUT2D eigenvalue weighted by Crippen LogP contribution is -2.50. The van der Waals surface area contributed by atoms with Gasteiger partial charge in [0.05, 0.1) is 11.4 Å². The molecule has 1 spiro atoms. The van der Waals surface area contributed by atoms with Crippen molar-refractivity contribution in [1.29, 1.82) is 0 Å². The Kier molecular flexibility index (Phi) is 4.70. The number of fused-ring (bicyclic) bond motifs is 2. The first kappa shape index (κ1) is 20.8. The number of hydrogen-bond acceptors (Lipinski definition) is 6. The number of rotatable bonds is 2. The maximum absolute atomic E-state index is 13.3. The van der Waals surface area contributed by atoms with Gasteiger partial charge in [0, 0.05) is 46.8 Å². The highest BCUT2D eigenvalue weighted by molar-refractivity contribution is 7.89. The number of carbonyl (C=O) groups excluding carboxylic acids is 1. The fourth-order valence-corrected chi connectivity index (χ4v) is 7.05. The summed E-state index contributed by atoms with van der Waals surface area (Å²) in [5, 5.41) is 12.4. The van der Waals surface area contributed by atoms with Crippen molar-refractivity contribution < 1.29 is 13.2 Å². The first-order valence-electron chi connectivity index (χ1n) is 10.5. The molecule has 5 rings (SSSR count). The lowest BCUT2D eigenvalue weighted by molar-refractivity contribution is -0.119. The fourth-order valence-electron chi connectivity index (χ4n) is 5.48. The quantitative estimate of drug-likeness (QED) is 0.721. The van der Waals surface area contributed by atoms with Crippen LogP contribution in [0.4, 0.5) is 0 Å². The molecule has 0 bridgehead atoms. The number of ketones is 1. The summed E-state index contributed by atoms with van der Waals surface area (Å²) in [6, 6.07) is 6.25. The van der Waals surface area contributed by atoms with Crippen LogP contribution in [0.25, 0.3) is 0 Å². The summed E-state index contributed by atoms with van der Waals surface area (Å²) in [5.41, 5.74) is 2.20. The number of Topliss-reactive ketones (excluding diaryl/α,β-unsaturated/α-hetero) is 1. The second-order valence-corrected chi connectivity index (χ2v) is 12.0. The predicted octanol–water partition coefficient (Wildman–Crippen LogP) is 4.03. The van der Waals surface area contributed by atoms with Crippen molar-refractivity contribution in [2.24, 2.45) is 21.1 Å².